The highest BCUT2D eigenvalue weighted by Gasteiger charge is 2.24. The molecule has 3 rings (SSSR count). The summed E-state index contributed by atoms with van der Waals surface area (Å²) in [6, 6.07) is 20.8. The van der Waals surface area contributed by atoms with Crippen molar-refractivity contribution in [3.63, 3.8) is 0 Å². The van der Waals surface area contributed by atoms with Crippen LogP contribution in [0.3, 0.4) is 0 Å². The fourth-order valence-electron chi connectivity index (χ4n) is 3.16. The summed E-state index contributed by atoms with van der Waals surface area (Å²) in [5, 5.41) is 2.86. The van der Waals surface area contributed by atoms with Gasteiger partial charge in [-0.15, -0.1) is 0 Å². The van der Waals surface area contributed by atoms with Gasteiger partial charge in [0.1, 0.15) is 0 Å². The number of aryl methyl sites for hydroxylation is 2. The molecular formula is C23H24N2O3S. The third-order valence-electron chi connectivity index (χ3n) is 4.65. The van der Waals surface area contributed by atoms with Crippen LogP contribution in [-0.4, -0.2) is 20.9 Å². The molecule has 0 radical (unpaired) electrons. The van der Waals surface area contributed by atoms with E-state index in [1.54, 1.807) is 43.3 Å². The number of carbonyl (C=O) groups excluding carboxylic acids is 1. The van der Waals surface area contributed by atoms with Crippen molar-refractivity contribution in [2.24, 2.45) is 0 Å². The Kier molecular flexibility index (Phi) is 6.03. The zero-order chi connectivity index (χ0) is 21.0. The molecule has 0 atom stereocenters. The van der Waals surface area contributed by atoms with Crippen molar-refractivity contribution < 1.29 is 13.2 Å². The van der Waals surface area contributed by atoms with Gasteiger partial charge < -0.3 is 5.32 Å². The van der Waals surface area contributed by atoms with Crippen molar-refractivity contribution in [2.45, 2.75) is 25.7 Å². The van der Waals surface area contributed by atoms with Gasteiger partial charge in [-0.05, 0) is 62.7 Å². The molecule has 0 spiro atoms. The van der Waals surface area contributed by atoms with Gasteiger partial charge in [0, 0.05) is 17.8 Å². The number of benzene rings is 3. The van der Waals surface area contributed by atoms with Crippen LogP contribution in [0, 0.1) is 13.8 Å². The van der Waals surface area contributed by atoms with Gasteiger partial charge >= 0.3 is 0 Å². The molecule has 150 valence electrons. The molecule has 0 aliphatic carbocycles. The average molecular weight is 409 g/mol. The highest BCUT2D eigenvalue weighted by atomic mass is 32.2. The maximum Gasteiger partial charge on any atom is 0.264 e. The zero-order valence-corrected chi connectivity index (χ0v) is 17.5. The van der Waals surface area contributed by atoms with E-state index < -0.39 is 10.0 Å². The van der Waals surface area contributed by atoms with Gasteiger partial charge in [-0.1, -0.05) is 42.0 Å². The average Bonchev–Trinajstić information content (AvgIpc) is 2.71. The topological polar surface area (TPSA) is 66.5 Å². The van der Waals surface area contributed by atoms with E-state index in [-0.39, 0.29) is 22.9 Å². The van der Waals surface area contributed by atoms with Crippen LogP contribution in [-0.2, 0) is 10.0 Å². The molecule has 1 N–H and O–H groups in total. The Bertz CT molecular complexity index is 1130. The molecule has 1 amide bonds. The number of anilines is 2. The van der Waals surface area contributed by atoms with Crippen molar-refractivity contribution in [1.29, 1.82) is 0 Å². The number of rotatable bonds is 6. The predicted molar refractivity (Wildman–Crippen MR) is 117 cm³/mol. The first-order valence-electron chi connectivity index (χ1n) is 9.39. The van der Waals surface area contributed by atoms with Gasteiger partial charge in [-0.3, -0.25) is 9.10 Å². The summed E-state index contributed by atoms with van der Waals surface area (Å²) in [5.41, 5.74) is 3.63. The van der Waals surface area contributed by atoms with Gasteiger partial charge in [0.15, 0.2) is 0 Å². The first-order valence-corrected chi connectivity index (χ1v) is 10.8. The van der Waals surface area contributed by atoms with Crippen LogP contribution in [0.2, 0.25) is 0 Å². The van der Waals surface area contributed by atoms with Crippen LogP contribution >= 0.6 is 0 Å². The first-order chi connectivity index (χ1) is 13.8. The Morgan fingerprint density at radius 1 is 0.931 bits per heavy atom. The molecule has 0 fully saturated rings. The number of hydrogen-bond donors (Lipinski definition) is 1. The molecule has 0 unspecified atom stereocenters. The minimum atomic E-state index is -3.79. The Hall–Kier alpha value is -3.12. The molecule has 6 heteroatoms. The second kappa shape index (κ2) is 8.49. The summed E-state index contributed by atoms with van der Waals surface area (Å²) in [7, 11) is -3.79. The second-order valence-corrected chi connectivity index (χ2v) is 8.67. The minimum absolute atomic E-state index is 0.0801. The van der Waals surface area contributed by atoms with E-state index in [4.69, 9.17) is 0 Å². The number of sulfonamides is 1. The number of amides is 1. The van der Waals surface area contributed by atoms with Crippen molar-refractivity contribution in [3.05, 3.63) is 89.5 Å². The maximum atomic E-state index is 13.2. The lowest BCUT2D eigenvalue weighted by Gasteiger charge is -2.23. The van der Waals surface area contributed by atoms with Gasteiger partial charge in [0.05, 0.1) is 10.6 Å². The van der Waals surface area contributed by atoms with Gasteiger partial charge in [0.2, 0.25) is 0 Å². The number of para-hydroxylation sites is 1. The predicted octanol–water partition coefficient (Wildman–Crippen LogP) is 4.77. The van der Waals surface area contributed by atoms with Crippen molar-refractivity contribution in [3.8, 4) is 0 Å². The molecule has 0 aliphatic rings. The molecule has 3 aromatic rings. The first kappa shape index (κ1) is 20.6. The van der Waals surface area contributed by atoms with Gasteiger partial charge in [-0.25, -0.2) is 8.42 Å². The summed E-state index contributed by atoms with van der Waals surface area (Å²) in [6.45, 7) is 5.97. The molecule has 0 bridgehead atoms. The molecule has 5 nitrogen and oxygen atoms in total. The van der Waals surface area contributed by atoms with Crippen LogP contribution in [0.5, 0.6) is 0 Å². The minimum Gasteiger partial charge on any atom is -0.322 e. The Balaban J connectivity index is 1.91. The monoisotopic (exact) mass is 408 g/mol. The molecule has 29 heavy (non-hydrogen) atoms. The van der Waals surface area contributed by atoms with Crippen LogP contribution in [0.25, 0.3) is 0 Å². The van der Waals surface area contributed by atoms with Crippen LogP contribution in [0.15, 0.2) is 77.7 Å². The lowest BCUT2D eigenvalue weighted by Crippen LogP contribution is -2.31. The fraction of sp³-hybridized carbons (Fsp3) is 0.174. The summed E-state index contributed by atoms with van der Waals surface area (Å²) in [6.07, 6.45) is 0. The summed E-state index contributed by atoms with van der Waals surface area (Å²) < 4.78 is 27.7. The van der Waals surface area contributed by atoms with E-state index in [2.05, 4.69) is 5.32 Å². The van der Waals surface area contributed by atoms with Gasteiger partial charge in [0.25, 0.3) is 15.9 Å². The number of hydrogen-bond acceptors (Lipinski definition) is 3. The smallest absolute Gasteiger partial charge is 0.264 e. The van der Waals surface area contributed by atoms with Crippen LogP contribution in [0.1, 0.15) is 28.4 Å². The third-order valence-corrected chi connectivity index (χ3v) is 6.54. The standard InChI is InChI=1S/C23H24N2O3S/c1-4-25(20-10-6-5-7-11-20)29(27,28)21-12-8-9-19(16-21)23(26)24-22-14-13-17(2)15-18(22)3/h5-16H,4H2,1-3H3,(H,24,26). The molecule has 0 saturated carbocycles. The van der Waals surface area contributed by atoms with E-state index >= 15 is 0 Å². The van der Waals surface area contributed by atoms with E-state index in [0.717, 1.165) is 11.1 Å². The number of nitrogens with one attached hydrogen (secondary N) is 1. The van der Waals surface area contributed by atoms with E-state index in [9.17, 15) is 13.2 Å². The lowest BCUT2D eigenvalue weighted by atomic mass is 10.1. The second-order valence-electron chi connectivity index (χ2n) is 6.81. The highest BCUT2D eigenvalue weighted by molar-refractivity contribution is 7.92. The van der Waals surface area contributed by atoms with Crippen molar-refractivity contribution in [1.82, 2.24) is 0 Å². The van der Waals surface area contributed by atoms with Crippen LogP contribution in [0.4, 0.5) is 11.4 Å². The molecule has 0 aromatic heterocycles. The normalized spacial score (nSPS) is 11.1. The van der Waals surface area contributed by atoms with Crippen LogP contribution < -0.4 is 9.62 Å². The van der Waals surface area contributed by atoms with Crippen molar-refractivity contribution in [2.75, 3.05) is 16.2 Å². The fourth-order valence-corrected chi connectivity index (χ4v) is 4.68. The zero-order valence-electron chi connectivity index (χ0n) is 16.7. The molecule has 0 saturated heterocycles. The summed E-state index contributed by atoms with van der Waals surface area (Å²) in [5.74, 6) is -0.350. The van der Waals surface area contributed by atoms with Gasteiger partial charge in [-0.2, -0.15) is 0 Å². The Labute approximate surface area is 172 Å². The highest BCUT2D eigenvalue weighted by Crippen LogP contribution is 2.24. The Morgan fingerprint density at radius 2 is 1.66 bits per heavy atom. The Morgan fingerprint density at radius 3 is 2.31 bits per heavy atom. The molecule has 0 aliphatic heterocycles. The lowest BCUT2D eigenvalue weighted by molar-refractivity contribution is 0.102. The number of nitrogens with zero attached hydrogens (tertiary/aromatic N) is 1. The maximum absolute atomic E-state index is 13.2. The summed E-state index contributed by atoms with van der Waals surface area (Å²) >= 11 is 0. The molecular weight excluding hydrogens is 384 g/mol. The number of carbonyl (C=O) groups is 1. The van der Waals surface area contributed by atoms with E-state index in [0.29, 0.717) is 11.4 Å². The largest absolute Gasteiger partial charge is 0.322 e. The SMILES string of the molecule is CCN(c1ccccc1)S(=O)(=O)c1cccc(C(=O)Nc2ccc(C)cc2C)c1. The van der Waals surface area contributed by atoms with E-state index in [1.807, 2.05) is 38.1 Å². The molecule has 0 heterocycles. The third kappa shape index (κ3) is 4.49. The summed E-state index contributed by atoms with van der Waals surface area (Å²) in [4.78, 5) is 12.8. The van der Waals surface area contributed by atoms with Crippen molar-refractivity contribution >= 4 is 27.3 Å². The molecule has 3 aromatic carbocycles. The van der Waals surface area contributed by atoms with E-state index in [1.165, 1.54) is 16.4 Å². The quantitative estimate of drug-likeness (QED) is 0.639.